The zero-order valence-electron chi connectivity index (χ0n) is 20.9. The van der Waals surface area contributed by atoms with Crippen molar-refractivity contribution in [1.29, 1.82) is 0 Å². The van der Waals surface area contributed by atoms with E-state index in [2.05, 4.69) is 83.6 Å². The number of pyridine rings is 2. The van der Waals surface area contributed by atoms with Crippen LogP contribution in [0.2, 0.25) is 0 Å². The van der Waals surface area contributed by atoms with E-state index in [9.17, 15) is 0 Å². The van der Waals surface area contributed by atoms with E-state index in [1.807, 2.05) is 50.5 Å². The summed E-state index contributed by atoms with van der Waals surface area (Å²) in [6, 6.07) is 33.2. The quantitative estimate of drug-likeness (QED) is 0.259. The van der Waals surface area contributed by atoms with Crippen molar-refractivity contribution in [3.63, 3.8) is 0 Å². The molecule has 0 aliphatic carbocycles. The van der Waals surface area contributed by atoms with Crippen LogP contribution in [0.1, 0.15) is 11.1 Å². The van der Waals surface area contributed by atoms with Gasteiger partial charge in [0.1, 0.15) is 25.3 Å². The number of hydrogen-bond donors (Lipinski definition) is 0. The average Bonchev–Trinajstić information content (AvgIpc) is 3.26. The Labute approximate surface area is 210 Å². The standard InChI is InChI=1S/C32H28N2O2/c1-21-11-5-6-12-23(21)26-14-9-17-29(33(26)3)36-30-18-10-15-27(34(30)4)31-22(2)19-20-25-24-13-7-8-16-28(24)35-32(25)31/h5-20H,1-4H3/q+2. The Bertz CT molecular complexity index is 1760. The van der Waals surface area contributed by atoms with Crippen LogP contribution < -0.4 is 13.9 Å². The second kappa shape index (κ2) is 8.65. The van der Waals surface area contributed by atoms with E-state index < -0.39 is 0 Å². The number of aryl methyl sites for hydroxylation is 2. The van der Waals surface area contributed by atoms with E-state index >= 15 is 0 Å². The maximum atomic E-state index is 6.51. The molecule has 6 rings (SSSR count). The van der Waals surface area contributed by atoms with Gasteiger partial charge in [-0.2, -0.15) is 9.13 Å². The van der Waals surface area contributed by atoms with Gasteiger partial charge in [0.15, 0.2) is 0 Å². The number of ether oxygens (including phenoxy) is 1. The molecule has 0 saturated heterocycles. The fraction of sp³-hybridized carbons (Fsp3) is 0.125. The van der Waals surface area contributed by atoms with Gasteiger partial charge in [-0.25, -0.2) is 0 Å². The third-order valence-corrected chi connectivity index (χ3v) is 7.01. The molecule has 0 radical (unpaired) electrons. The van der Waals surface area contributed by atoms with Gasteiger partial charge in [0.05, 0.1) is 17.7 Å². The fourth-order valence-electron chi connectivity index (χ4n) is 5.03. The zero-order chi connectivity index (χ0) is 24.8. The number of benzene rings is 3. The SMILES string of the molecule is Cc1ccccc1-c1cccc(Oc2cccc(-c3c(C)ccc4c3oc3ccccc34)[n+]2C)[n+]1C. The minimum absolute atomic E-state index is 0.748. The summed E-state index contributed by atoms with van der Waals surface area (Å²) in [5.74, 6) is 1.51. The molecule has 0 amide bonds. The number of aromatic nitrogens is 2. The summed E-state index contributed by atoms with van der Waals surface area (Å²) in [6.45, 7) is 4.26. The van der Waals surface area contributed by atoms with Crippen LogP contribution in [0.5, 0.6) is 11.8 Å². The molecule has 0 bridgehead atoms. The Balaban J connectivity index is 1.47. The smallest absolute Gasteiger partial charge is 0.377 e. The zero-order valence-corrected chi connectivity index (χ0v) is 20.9. The topological polar surface area (TPSA) is 30.1 Å². The van der Waals surface area contributed by atoms with Crippen molar-refractivity contribution in [3.05, 3.63) is 108 Å². The van der Waals surface area contributed by atoms with Gasteiger partial charge in [-0.1, -0.05) is 48.5 Å². The Hall–Kier alpha value is -4.44. The Morgan fingerprint density at radius 2 is 1.25 bits per heavy atom. The molecule has 3 aromatic heterocycles. The van der Waals surface area contributed by atoms with Gasteiger partial charge >= 0.3 is 11.8 Å². The predicted molar refractivity (Wildman–Crippen MR) is 143 cm³/mol. The molecule has 176 valence electrons. The van der Waals surface area contributed by atoms with Crippen molar-refractivity contribution in [2.24, 2.45) is 14.1 Å². The van der Waals surface area contributed by atoms with Crippen molar-refractivity contribution in [1.82, 2.24) is 0 Å². The molecule has 0 N–H and O–H groups in total. The third-order valence-electron chi connectivity index (χ3n) is 7.01. The average molecular weight is 473 g/mol. The lowest BCUT2D eigenvalue weighted by Gasteiger charge is -2.09. The lowest BCUT2D eigenvalue weighted by molar-refractivity contribution is -0.685. The van der Waals surface area contributed by atoms with Crippen LogP contribution in [0.25, 0.3) is 44.5 Å². The minimum atomic E-state index is 0.748. The highest BCUT2D eigenvalue weighted by Crippen LogP contribution is 2.37. The fourth-order valence-corrected chi connectivity index (χ4v) is 5.03. The first-order valence-corrected chi connectivity index (χ1v) is 12.2. The summed E-state index contributed by atoms with van der Waals surface area (Å²) in [6.07, 6.45) is 0. The van der Waals surface area contributed by atoms with Crippen LogP contribution in [0, 0.1) is 13.8 Å². The number of para-hydroxylation sites is 1. The molecule has 0 saturated carbocycles. The van der Waals surface area contributed by atoms with Crippen LogP contribution in [0.4, 0.5) is 0 Å². The first-order chi connectivity index (χ1) is 17.5. The number of furan rings is 1. The lowest BCUT2D eigenvalue weighted by Crippen LogP contribution is -2.37. The van der Waals surface area contributed by atoms with E-state index in [4.69, 9.17) is 9.15 Å². The number of fused-ring (bicyclic) bond motifs is 3. The summed E-state index contributed by atoms with van der Waals surface area (Å²) in [4.78, 5) is 0. The van der Waals surface area contributed by atoms with E-state index in [-0.39, 0.29) is 0 Å². The van der Waals surface area contributed by atoms with E-state index in [1.54, 1.807) is 0 Å². The van der Waals surface area contributed by atoms with Gasteiger partial charge in [-0.3, -0.25) is 0 Å². The number of rotatable bonds is 4. The number of nitrogens with zero attached hydrogens (tertiary/aromatic N) is 2. The Morgan fingerprint density at radius 3 is 2.03 bits per heavy atom. The van der Waals surface area contributed by atoms with E-state index in [0.717, 1.165) is 56.2 Å². The van der Waals surface area contributed by atoms with E-state index in [1.165, 1.54) is 11.1 Å². The van der Waals surface area contributed by atoms with Gasteiger partial charge < -0.3 is 9.15 Å². The third kappa shape index (κ3) is 3.54. The second-order valence-electron chi connectivity index (χ2n) is 9.27. The molecule has 0 atom stereocenters. The van der Waals surface area contributed by atoms with Crippen molar-refractivity contribution in [3.8, 4) is 34.3 Å². The van der Waals surface area contributed by atoms with Crippen LogP contribution >= 0.6 is 0 Å². The molecule has 3 heterocycles. The highest BCUT2D eigenvalue weighted by atomic mass is 16.5. The van der Waals surface area contributed by atoms with Gasteiger partial charge in [-0.15, -0.1) is 0 Å². The molecule has 4 heteroatoms. The highest BCUT2D eigenvalue weighted by molar-refractivity contribution is 6.09. The van der Waals surface area contributed by atoms with Crippen LogP contribution in [-0.4, -0.2) is 0 Å². The molecule has 0 aliphatic rings. The van der Waals surface area contributed by atoms with Crippen molar-refractivity contribution in [2.45, 2.75) is 13.8 Å². The van der Waals surface area contributed by atoms with Crippen LogP contribution in [-0.2, 0) is 14.1 Å². The second-order valence-corrected chi connectivity index (χ2v) is 9.27. The maximum Gasteiger partial charge on any atom is 0.377 e. The van der Waals surface area contributed by atoms with Gasteiger partial charge in [0, 0.05) is 28.5 Å². The van der Waals surface area contributed by atoms with Crippen LogP contribution in [0.3, 0.4) is 0 Å². The van der Waals surface area contributed by atoms with E-state index in [0.29, 0.717) is 0 Å². The normalized spacial score (nSPS) is 11.3. The Morgan fingerprint density at radius 1 is 0.583 bits per heavy atom. The summed E-state index contributed by atoms with van der Waals surface area (Å²) in [5.41, 5.74) is 8.59. The molecular weight excluding hydrogens is 444 g/mol. The first kappa shape index (κ1) is 22.1. The Kier molecular flexibility index (Phi) is 5.30. The van der Waals surface area contributed by atoms with Gasteiger partial charge in [-0.05, 0) is 49.2 Å². The lowest BCUT2D eigenvalue weighted by atomic mass is 10.0. The summed E-state index contributed by atoms with van der Waals surface area (Å²) in [5, 5.41) is 2.25. The predicted octanol–water partition coefficient (Wildman–Crippen LogP) is 6.98. The molecule has 36 heavy (non-hydrogen) atoms. The molecule has 6 aromatic rings. The number of hydrogen-bond acceptors (Lipinski definition) is 2. The molecule has 4 nitrogen and oxygen atoms in total. The molecule has 0 unspecified atom stereocenters. The van der Waals surface area contributed by atoms with Gasteiger partial charge in [0.25, 0.3) is 0 Å². The largest absolute Gasteiger partial charge is 0.455 e. The maximum absolute atomic E-state index is 6.51. The van der Waals surface area contributed by atoms with Crippen molar-refractivity contribution in [2.75, 3.05) is 0 Å². The molecule has 0 spiro atoms. The van der Waals surface area contributed by atoms with Crippen molar-refractivity contribution < 1.29 is 18.3 Å². The van der Waals surface area contributed by atoms with Gasteiger partial charge in [0.2, 0.25) is 11.4 Å². The summed E-state index contributed by atoms with van der Waals surface area (Å²) < 4.78 is 17.1. The molecule has 0 aliphatic heterocycles. The summed E-state index contributed by atoms with van der Waals surface area (Å²) >= 11 is 0. The highest BCUT2D eigenvalue weighted by Gasteiger charge is 2.25. The molecular formula is C32H28N2O2+2. The molecule has 3 aromatic carbocycles. The first-order valence-electron chi connectivity index (χ1n) is 12.2. The molecule has 0 fully saturated rings. The van der Waals surface area contributed by atoms with Crippen molar-refractivity contribution >= 4 is 21.9 Å². The monoisotopic (exact) mass is 472 g/mol. The summed E-state index contributed by atoms with van der Waals surface area (Å²) in [7, 11) is 4.08. The minimum Gasteiger partial charge on any atom is -0.455 e. The van der Waals surface area contributed by atoms with Crippen LogP contribution in [0.15, 0.2) is 101 Å².